The SMILES string of the molecule is CC1=C(C(=O)OC(C)C)[C@@H](c2cccc(NC(=O)Nc3ccccc3F)c2)NC(=S)N1C. The number of hydrogen-bond donors (Lipinski definition) is 3. The van der Waals surface area contributed by atoms with Gasteiger partial charge in [-0.1, -0.05) is 24.3 Å². The molecule has 2 aromatic rings. The van der Waals surface area contributed by atoms with Crippen LogP contribution in [0.1, 0.15) is 32.4 Å². The summed E-state index contributed by atoms with van der Waals surface area (Å²) in [6, 6.07) is 11.7. The maximum Gasteiger partial charge on any atom is 0.338 e. The molecule has 2 amide bonds. The molecule has 0 fully saturated rings. The predicted octanol–water partition coefficient (Wildman–Crippen LogP) is 4.56. The topological polar surface area (TPSA) is 82.7 Å². The third kappa shape index (κ3) is 5.23. The number of anilines is 2. The van der Waals surface area contributed by atoms with E-state index < -0.39 is 23.9 Å². The summed E-state index contributed by atoms with van der Waals surface area (Å²) in [5.41, 5.74) is 2.36. The molecule has 2 aromatic carbocycles. The number of thiocarbonyl (C=S) groups is 1. The minimum atomic E-state index is -0.592. The molecule has 0 bridgehead atoms. The van der Waals surface area contributed by atoms with Crippen molar-refractivity contribution in [3.8, 4) is 0 Å². The molecule has 3 rings (SSSR count). The Bertz CT molecular complexity index is 1090. The number of para-hydroxylation sites is 1. The van der Waals surface area contributed by atoms with E-state index in [0.29, 0.717) is 27.6 Å². The molecule has 0 spiro atoms. The average Bonchev–Trinajstić information content (AvgIpc) is 2.73. The molecule has 1 aliphatic rings. The number of urea groups is 1. The lowest BCUT2D eigenvalue weighted by molar-refractivity contribution is -0.143. The molecule has 0 aliphatic carbocycles. The van der Waals surface area contributed by atoms with E-state index in [9.17, 15) is 14.0 Å². The fraction of sp³-hybridized carbons (Fsp3) is 0.261. The van der Waals surface area contributed by atoms with Crippen molar-refractivity contribution in [3.63, 3.8) is 0 Å². The largest absolute Gasteiger partial charge is 0.459 e. The van der Waals surface area contributed by atoms with Crippen LogP contribution >= 0.6 is 12.2 Å². The molecule has 168 valence electrons. The molecular formula is C23H25FN4O3S. The lowest BCUT2D eigenvalue weighted by atomic mass is 9.94. The van der Waals surface area contributed by atoms with Crippen LogP contribution in [0.15, 0.2) is 59.8 Å². The fourth-order valence-corrected chi connectivity index (χ4v) is 3.53. The van der Waals surface area contributed by atoms with E-state index in [2.05, 4.69) is 16.0 Å². The lowest BCUT2D eigenvalue weighted by Crippen LogP contribution is -2.46. The normalized spacial score (nSPS) is 16.0. The summed E-state index contributed by atoms with van der Waals surface area (Å²) in [5, 5.41) is 8.79. The number of benzene rings is 2. The van der Waals surface area contributed by atoms with E-state index in [1.807, 2.05) is 6.07 Å². The van der Waals surface area contributed by atoms with Crippen LogP contribution in [0.5, 0.6) is 0 Å². The van der Waals surface area contributed by atoms with E-state index in [0.717, 1.165) is 0 Å². The summed E-state index contributed by atoms with van der Waals surface area (Å²) >= 11 is 5.41. The number of esters is 1. The Morgan fingerprint density at radius 3 is 2.56 bits per heavy atom. The summed E-state index contributed by atoms with van der Waals surface area (Å²) in [5.74, 6) is -0.977. The third-order valence-corrected chi connectivity index (χ3v) is 5.31. The van der Waals surface area contributed by atoms with Gasteiger partial charge in [0, 0.05) is 18.4 Å². The molecule has 0 saturated heterocycles. The maximum atomic E-state index is 13.8. The predicted molar refractivity (Wildman–Crippen MR) is 126 cm³/mol. The first-order chi connectivity index (χ1) is 15.2. The van der Waals surface area contributed by atoms with E-state index in [1.54, 1.807) is 57.0 Å². The molecule has 1 heterocycles. The van der Waals surface area contributed by atoms with Crippen LogP contribution in [0, 0.1) is 5.82 Å². The zero-order chi connectivity index (χ0) is 23.4. The highest BCUT2D eigenvalue weighted by molar-refractivity contribution is 7.80. The number of carbonyl (C=O) groups excluding carboxylic acids is 2. The summed E-state index contributed by atoms with van der Waals surface area (Å²) in [7, 11) is 1.77. The Morgan fingerprint density at radius 1 is 1.16 bits per heavy atom. The lowest BCUT2D eigenvalue weighted by Gasteiger charge is -2.35. The summed E-state index contributed by atoms with van der Waals surface area (Å²) in [6.45, 7) is 5.37. The number of allylic oxidation sites excluding steroid dienone is 1. The third-order valence-electron chi connectivity index (χ3n) is 4.92. The van der Waals surface area contributed by atoms with Crippen molar-refractivity contribution in [3.05, 3.63) is 71.2 Å². The number of carbonyl (C=O) groups is 2. The molecule has 1 aliphatic heterocycles. The summed E-state index contributed by atoms with van der Waals surface area (Å²) in [6.07, 6.45) is -0.280. The van der Waals surface area contributed by atoms with Crippen molar-refractivity contribution in [2.24, 2.45) is 0 Å². The van der Waals surface area contributed by atoms with Crippen LogP contribution in [0.3, 0.4) is 0 Å². The van der Waals surface area contributed by atoms with Gasteiger partial charge in [-0.15, -0.1) is 0 Å². The van der Waals surface area contributed by atoms with Gasteiger partial charge in [-0.3, -0.25) is 0 Å². The van der Waals surface area contributed by atoms with E-state index in [4.69, 9.17) is 17.0 Å². The Kier molecular flexibility index (Phi) is 7.09. The molecule has 0 saturated carbocycles. The standard InChI is InChI=1S/C23H25FN4O3S/c1-13(2)31-21(29)19-14(3)28(4)23(32)27-20(19)15-8-7-9-16(12-15)25-22(30)26-18-11-6-5-10-17(18)24/h5-13,20H,1-4H3,(H,27,32)(H2,25,26,30)/t20-/m1/s1. The number of nitrogens with one attached hydrogen (secondary N) is 3. The molecular weight excluding hydrogens is 431 g/mol. The number of amides is 2. The van der Waals surface area contributed by atoms with Crippen LogP contribution in [0.2, 0.25) is 0 Å². The van der Waals surface area contributed by atoms with Gasteiger partial charge in [-0.05, 0) is 62.8 Å². The summed E-state index contributed by atoms with van der Waals surface area (Å²) in [4.78, 5) is 26.9. The van der Waals surface area contributed by atoms with Gasteiger partial charge in [0.15, 0.2) is 5.11 Å². The minimum Gasteiger partial charge on any atom is -0.459 e. The number of ether oxygens (including phenoxy) is 1. The second-order valence-corrected chi connectivity index (χ2v) is 7.97. The van der Waals surface area contributed by atoms with Crippen LogP contribution in [-0.4, -0.2) is 35.2 Å². The van der Waals surface area contributed by atoms with Crippen LogP contribution in [-0.2, 0) is 9.53 Å². The first-order valence-corrected chi connectivity index (χ1v) is 10.5. The van der Waals surface area contributed by atoms with Gasteiger partial charge >= 0.3 is 12.0 Å². The Balaban J connectivity index is 1.86. The molecule has 0 radical (unpaired) electrons. The van der Waals surface area contributed by atoms with Crippen LogP contribution in [0.25, 0.3) is 0 Å². The Hall–Kier alpha value is -3.46. The molecule has 7 nitrogen and oxygen atoms in total. The highest BCUT2D eigenvalue weighted by atomic mass is 32.1. The molecule has 3 N–H and O–H groups in total. The maximum absolute atomic E-state index is 13.8. The second-order valence-electron chi connectivity index (χ2n) is 7.58. The van der Waals surface area contributed by atoms with Gasteiger partial charge in [0.25, 0.3) is 0 Å². The van der Waals surface area contributed by atoms with Gasteiger partial charge in [-0.25, -0.2) is 14.0 Å². The number of hydrogen-bond acceptors (Lipinski definition) is 4. The first kappa shape index (κ1) is 23.2. The van der Waals surface area contributed by atoms with Crippen LogP contribution < -0.4 is 16.0 Å². The van der Waals surface area contributed by atoms with E-state index in [1.165, 1.54) is 18.2 Å². The molecule has 0 unspecified atom stereocenters. The van der Waals surface area contributed by atoms with Crippen molar-refractivity contribution in [1.82, 2.24) is 10.2 Å². The van der Waals surface area contributed by atoms with Crippen molar-refractivity contribution < 1.29 is 18.7 Å². The highest BCUT2D eigenvalue weighted by Crippen LogP contribution is 2.32. The van der Waals surface area contributed by atoms with Gasteiger partial charge in [-0.2, -0.15) is 0 Å². The van der Waals surface area contributed by atoms with Crippen LogP contribution in [0.4, 0.5) is 20.6 Å². The Labute approximate surface area is 191 Å². The average molecular weight is 457 g/mol. The fourth-order valence-electron chi connectivity index (χ4n) is 3.27. The zero-order valence-electron chi connectivity index (χ0n) is 18.2. The molecule has 1 atom stereocenters. The van der Waals surface area contributed by atoms with Crippen molar-refractivity contribution >= 4 is 40.7 Å². The molecule has 9 heteroatoms. The molecule has 0 aromatic heterocycles. The van der Waals surface area contributed by atoms with Crippen molar-refractivity contribution in [2.45, 2.75) is 32.9 Å². The smallest absolute Gasteiger partial charge is 0.338 e. The Morgan fingerprint density at radius 2 is 1.88 bits per heavy atom. The highest BCUT2D eigenvalue weighted by Gasteiger charge is 2.34. The molecule has 32 heavy (non-hydrogen) atoms. The van der Waals surface area contributed by atoms with Crippen molar-refractivity contribution in [2.75, 3.05) is 17.7 Å². The van der Waals surface area contributed by atoms with Gasteiger partial charge in [0.1, 0.15) is 5.82 Å². The minimum absolute atomic E-state index is 0.0702. The van der Waals surface area contributed by atoms with E-state index in [-0.39, 0.29) is 11.8 Å². The number of halogens is 1. The number of nitrogens with zero attached hydrogens (tertiary/aromatic N) is 1. The number of rotatable bonds is 5. The zero-order valence-corrected chi connectivity index (χ0v) is 19.0. The summed E-state index contributed by atoms with van der Waals surface area (Å²) < 4.78 is 19.2. The van der Waals surface area contributed by atoms with E-state index >= 15 is 0 Å². The quantitative estimate of drug-likeness (QED) is 0.452. The monoisotopic (exact) mass is 456 g/mol. The second kappa shape index (κ2) is 9.78. The van der Waals surface area contributed by atoms with Gasteiger partial charge in [0.05, 0.1) is 23.4 Å². The van der Waals surface area contributed by atoms with Crippen molar-refractivity contribution in [1.29, 1.82) is 0 Å². The van der Waals surface area contributed by atoms with Gasteiger partial charge < -0.3 is 25.6 Å². The first-order valence-electron chi connectivity index (χ1n) is 10.1. The van der Waals surface area contributed by atoms with Gasteiger partial charge in [0.2, 0.25) is 0 Å².